The van der Waals surface area contributed by atoms with Gasteiger partial charge in [-0.15, -0.1) is 11.3 Å². The summed E-state index contributed by atoms with van der Waals surface area (Å²) in [5.74, 6) is 0. The van der Waals surface area contributed by atoms with Crippen molar-refractivity contribution in [3.8, 4) is 6.07 Å². The molecule has 0 aliphatic rings. The maximum atomic E-state index is 9.25. The van der Waals surface area contributed by atoms with E-state index in [1.165, 1.54) is 4.88 Å². The third-order valence-corrected chi connectivity index (χ3v) is 4.02. The molecule has 2 nitrogen and oxygen atoms in total. The maximum Gasteiger partial charge on any atom is 0.101 e. The third kappa shape index (κ3) is 3.28. The summed E-state index contributed by atoms with van der Waals surface area (Å²) in [5.41, 5.74) is 1.56. The average molecular weight is 291 g/mol. The second kappa shape index (κ2) is 6.10. The zero-order valence-corrected chi connectivity index (χ0v) is 12.5. The topological polar surface area (TPSA) is 27.0 Å². The molecule has 1 heterocycles. The number of hydrogen-bond acceptors (Lipinski definition) is 3. The summed E-state index contributed by atoms with van der Waals surface area (Å²) in [7, 11) is 0. The van der Waals surface area contributed by atoms with Crippen molar-refractivity contribution in [2.24, 2.45) is 0 Å². The smallest absolute Gasteiger partial charge is 0.101 e. The normalized spacial score (nSPS) is 10.5. The summed E-state index contributed by atoms with van der Waals surface area (Å²) in [5, 5.41) is 12.0. The Kier molecular flexibility index (Phi) is 4.47. The molecule has 1 aromatic heterocycles. The van der Waals surface area contributed by atoms with Crippen molar-refractivity contribution in [2.75, 3.05) is 4.90 Å². The summed E-state index contributed by atoms with van der Waals surface area (Å²) in [4.78, 5) is 3.48. The molecule has 19 heavy (non-hydrogen) atoms. The van der Waals surface area contributed by atoms with E-state index in [1.807, 2.05) is 12.1 Å². The number of nitrogens with zero attached hydrogens (tertiary/aromatic N) is 2. The molecule has 0 saturated carbocycles. The van der Waals surface area contributed by atoms with E-state index in [9.17, 15) is 5.26 Å². The van der Waals surface area contributed by atoms with Crippen molar-refractivity contribution in [1.29, 1.82) is 5.26 Å². The fraction of sp³-hybridized carbons (Fsp3) is 0.267. The average Bonchev–Trinajstić information content (AvgIpc) is 2.88. The van der Waals surface area contributed by atoms with E-state index < -0.39 is 0 Å². The Morgan fingerprint density at radius 3 is 2.74 bits per heavy atom. The molecule has 0 saturated heterocycles. The van der Waals surface area contributed by atoms with Crippen LogP contribution in [0.1, 0.15) is 24.3 Å². The fourth-order valence-corrected chi connectivity index (χ4v) is 2.82. The fourth-order valence-electron chi connectivity index (χ4n) is 1.95. The van der Waals surface area contributed by atoms with Crippen LogP contribution >= 0.6 is 22.9 Å². The van der Waals surface area contributed by atoms with Crippen LogP contribution in [0.3, 0.4) is 0 Å². The minimum Gasteiger partial charge on any atom is -0.363 e. The molecule has 0 aliphatic heterocycles. The van der Waals surface area contributed by atoms with E-state index in [4.69, 9.17) is 11.6 Å². The van der Waals surface area contributed by atoms with Crippen molar-refractivity contribution >= 4 is 28.6 Å². The molecule has 0 fully saturated rings. The van der Waals surface area contributed by atoms with Gasteiger partial charge in [-0.2, -0.15) is 5.26 Å². The highest BCUT2D eigenvalue weighted by Crippen LogP contribution is 2.28. The number of hydrogen-bond donors (Lipinski definition) is 0. The molecule has 0 N–H and O–H groups in total. The van der Waals surface area contributed by atoms with Crippen LogP contribution in [0, 0.1) is 11.3 Å². The Balaban J connectivity index is 2.39. The van der Waals surface area contributed by atoms with Crippen LogP contribution in [0.5, 0.6) is 0 Å². The molecular weight excluding hydrogens is 276 g/mol. The van der Waals surface area contributed by atoms with E-state index in [2.05, 4.69) is 36.3 Å². The molecule has 0 spiro atoms. The van der Waals surface area contributed by atoms with Gasteiger partial charge in [-0.05, 0) is 43.5 Å². The van der Waals surface area contributed by atoms with E-state index in [0.29, 0.717) is 16.6 Å². The number of halogens is 1. The molecule has 0 aliphatic carbocycles. The number of anilines is 1. The zero-order valence-electron chi connectivity index (χ0n) is 10.9. The van der Waals surface area contributed by atoms with Crippen molar-refractivity contribution in [2.45, 2.75) is 26.4 Å². The number of nitriles is 1. The van der Waals surface area contributed by atoms with Crippen LogP contribution in [0.25, 0.3) is 0 Å². The SMILES string of the molecule is CC(C)N(Cc1cccs1)c1cc(Cl)ccc1C#N. The highest BCUT2D eigenvalue weighted by atomic mass is 35.5. The highest BCUT2D eigenvalue weighted by molar-refractivity contribution is 7.09. The first kappa shape index (κ1) is 13.9. The summed E-state index contributed by atoms with van der Waals surface area (Å²) in [6.07, 6.45) is 0. The minimum absolute atomic E-state index is 0.299. The Bertz CT molecular complexity index is 585. The van der Waals surface area contributed by atoms with E-state index in [0.717, 1.165) is 12.2 Å². The molecule has 0 bridgehead atoms. The Morgan fingerprint density at radius 1 is 1.37 bits per heavy atom. The Morgan fingerprint density at radius 2 is 2.16 bits per heavy atom. The van der Waals surface area contributed by atoms with Gasteiger partial charge in [-0.25, -0.2) is 0 Å². The van der Waals surface area contributed by atoms with E-state index >= 15 is 0 Å². The largest absolute Gasteiger partial charge is 0.363 e. The number of thiophene rings is 1. The lowest BCUT2D eigenvalue weighted by Gasteiger charge is -2.29. The van der Waals surface area contributed by atoms with Gasteiger partial charge in [0, 0.05) is 15.9 Å². The van der Waals surface area contributed by atoms with Crippen molar-refractivity contribution in [3.63, 3.8) is 0 Å². The standard InChI is InChI=1S/C15H15ClN2S/c1-11(2)18(10-14-4-3-7-19-14)15-8-13(16)6-5-12(15)9-17/h3-8,11H,10H2,1-2H3. The lowest BCUT2D eigenvalue weighted by Crippen LogP contribution is -2.30. The molecule has 4 heteroatoms. The summed E-state index contributed by atoms with van der Waals surface area (Å²) in [6, 6.07) is 12.1. The lowest BCUT2D eigenvalue weighted by atomic mass is 10.1. The van der Waals surface area contributed by atoms with Gasteiger partial charge in [0.05, 0.1) is 17.8 Å². The van der Waals surface area contributed by atoms with Crippen LogP contribution in [0.15, 0.2) is 35.7 Å². The van der Waals surface area contributed by atoms with Gasteiger partial charge in [-0.3, -0.25) is 0 Å². The Hall–Kier alpha value is -1.50. The maximum absolute atomic E-state index is 9.25. The summed E-state index contributed by atoms with van der Waals surface area (Å²) >= 11 is 7.79. The molecule has 0 atom stereocenters. The van der Waals surface area contributed by atoms with Gasteiger partial charge in [-0.1, -0.05) is 17.7 Å². The molecule has 98 valence electrons. The van der Waals surface area contributed by atoms with Crippen molar-refractivity contribution in [3.05, 3.63) is 51.2 Å². The first-order valence-corrected chi connectivity index (χ1v) is 7.36. The second-order valence-electron chi connectivity index (χ2n) is 4.57. The predicted molar refractivity (Wildman–Crippen MR) is 81.8 cm³/mol. The number of benzene rings is 1. The van der Waals surface area contributed by atoms with Gasteiger partial charge >= 0.3 is 0 Å². The first-order valence-electron chi connectivity index (χ1n) is 6.10. The van der Waals surface area contributed by atoms with Crippen LogP contribution in [0.2, 0.25) is 5.02 Å². The van der Waals surface area contributed by atoms with Crippen LogP contribution in [-0.2, 0) is 6.54 Å². The Labute approximate surface area is 122 Å². The van der Waals surface area contributed by atoms with Gasteiger partial charge in [0.2, 0.25) is 0 Å². The van der Waals surface area contributed by atoms with E-state index in [-0.39, 0.29) is 0 Å². The van der Waals surface area contributed by atoms with Gasteiger partial charge in [0.25, 0.3) is 0 Å². The molecule has 0 unspecified atom stereocenters. The van der Waals surface area contributed by atoms with Crippen molar-refractivity contribution in [1.82, 2.24) is 0 Å². The quantitative estimate of drug-likeness (QED) is 0.817. The zero-order chi connectivity index (χ0) is 13.8. The molecule has 2 rings (SSSR count). The van der Waals surface area contributed by atoms with Gasteiger partial charge in [0.1, 0.15) is 6.07 Å². The second-order valence-corrected chi connectivity index (χ2v) is 6.04. The summed E-state index contributed by atoms with van der Waals surface area (Å²) in [6.45, 7) is 5.04. The predicted octanol–water partition coefficient (Wildman–Crippen LogP) is 4.69. The third-order valence-electron chi connectivity index (χ3n) is 2.92. The first-order chi connectivity index (χ1) is 9.11. The van der Waals surface area contributed by atoms with Gasteiger partial charge in [0.15, 0.2) is 0 Å². The van der Waals surface area contributed by atoms with Gasteiger partial charge < -0.3 is 4.90 Å². The van der Waals surface area contributed by atoms with Crippen LogP contribution in [0.4, 0.5) is 5.69 Å². The van der Waals surface area contributed by atoms with Crippen LogP contribution < -0.4 is 4.90 Å². The molecule has 2 aromatic rings. The van der Waals surface area contributed by atoms with Crippen molar-refractivity contribution < 1.29 is 0 Å². The molecule has 0 amide bonds. The number of rotatable bonds is 4. The van der Waals surface area contributed by atoms with E-state index in [1.54, 1.807) is 23.5 Å². The minimum atomic E-state index is 0.299. The molecule has 0 radical (unpaired) electrons. The molecule has 1 aromatic carbocycles. The molecular formula is C15H15ClN2S. The highest BCUT2D eigenvalue weighted by Gasteiger charge is 2.16. The summed E-state index contributed by atoms with van der Waals surface area (Å²) < 4.78 is 0. The monoisotopic (exact) mass is 290 g/mol. The lowest BCUT2D eigenvalue weighted by molar-refractivity contribution is 0.686. The van der Waals surface area contributed by atoms with Crippen LogP contribution in [-0.4, -0.2) is 6.04 Å².